The third kappa shape index (κ3) is 3.03. The summed E-state index contributed by atoms with van der Waals surface area (Å²) in [6.45, 7) is 1.54. The minimum Gasteiger partial charge on any atom is -0.368 e. The Kier molecular flexibility index (Phi) is 4.13. The molecule has 17 heavy (non-hydrogen) atoms. The third-order valence-corrected chi connectivity index (χ3v) is 4.03. The van der Waals surface area contributed by atoms with Gasteiger partial charge in [-0.2, -0.15) is 0 Å². The zero-order valence-corrected chi connectivity index (χ0v) is 11.2. The molecule has 1 aliphatic carbocycles. The summed E-state index contributed by atoms with van der Waals surface area (Å²) in [5, 5.41) is 4.40. The van der Waals surface area contributed by atoms with Gasteiger partial charge in [-0.25, -0.2) is 4.98 Å². The number of aromatic nitrogens is 1. The summed E-state index contributed by atoms with van der Waals surface area (Å²) in [5.74, 6) is 0.691. The first kappa shape index (κ1) is 12.9. The highest BCUT2D eigenvalue weighted by atomic mass is 35.5. The Labute approximate surface area is 112 Å². The van der Waals surface area contributed by atoms with Gasteiger partial charge in [0.25, 0.3) is 0 Å². The lowest BCUT2D eigenvalue weighted by molar-refractivity contribution is 0.332. The maximum absolute atomic E-state index is 6.06. The van der Waals surface area contributed by atoms with E-state index in [1.165, 1.54) is 25.7 Å². The van der Waals surface area contributed by atoms with Crippen LogP contribution in [0.25, 0.3) is 0 Å². The molecule has 5 heteroatoms. The number of hydrogen-bond donors (Lipinski definition) is 2. The zero-order valence-electron chi connectivity index (χ0n) is 9.68. The van der Waals surface area contributed by atoms with Crippen molar-refractivity contribution in [2.24, 2.45) is 11.1 Å². The molecule has 0 amide bonds. The summed E-state index contributed by atoms with van der Waals surface area (Å²) in [6, 6.07) is 1.70. The highest BCUT2D eigenvalue weighted by Gasteiger charge is 2.32. The van der Waals surface area contributed by atoms with Gasteiger partial charge in [-0.15, -0.1) is 0 Å². The molecule has 0 saturated heterocycles. The summed E-state index contributed by atoms with van der Waals surface area (Å²) in [7, 11) is 0. The fourth-order valence-corrected chi connectivity index (χ4v) is 2.84. The van der Waals surface area contributed by atoms with Gasteiger partial charge < -0.3 is 11.1 Å². The Balaban J connectivity index is 2.01. The molecule has 0 aliphatic heterocycles. The smallest absolute Gasteiger partial charge is 0.144 e. The Morgan fingerprint density at radius 2 is 2.06 bits per heavy atom. The summed E-state index contributed by atoms with van der Waals surface area (Å²) < 4.78 is 0. The van der Waals surface area contributed by atoms with E-state index in [1.807, 2.05) is 0 Å². The van der Waals surface area contributed by atoms with E-state index in [2.05, 4.69) is 10.3 Å². The Bertz CT molecular complexity index is 389. The summed E-state index contributed by atoms with van der Waals surface area (Å²) in [6.07, 6.45) is 6.49. The lowest BCUT2D eigenvalue weighted by Crippen LogP contribution is -2.34. The topological polar surface area (TPSA) is 50.9 Å². The molecule has 2 rings (SSSR count). The summed E-state index contributed by atoms with van der Waals surface area (Å²) in [5.41, 5.74) is 6.09. The van der Waals surface area contributed by atoms with Crippen molar-refractivity contribution < 1.29 is 0 Å². The number of halogens is 2. The molecule has 1 heterocycles. The summed E-state index contributed by atoms with van der Waals surface area (Å²) in [4.78, 5) is 4.19. The maximum Gasteiger partial charge on any atom is 0.144 e. The predicted molar refractivity (Wildman–Crippen MR) is 72.7 cm³/mol. The molecule has 1 aliphatic rings. The molecule has 0 atom stereocenters. The van der Waals surface area contributed by atoms with Crippen LogP contribution in [0, 0.1) is 5.41 Å². The van der Waals surface area contributed by atoms with E-state index in [0.29, 0.717) is 22.4 Å². The van der Waals surface area contributed by atoms with Crippen molar-refractivity contribution in [2.45, 2.75) is 25.7 Å². The van der Waals surface area contributed by atoms with Crippen LogP contribution in [0.2, 0.25) is 10.0 Å². The highest BCUT2D eigenvalue weighted by molar-refractivity contribution is 6.35. The van der Waals surface area contributed by atoms with Crippen LogP contribution in [0.3, 0.4) is 0 Å². The van der Waals surface area contributed by atoms with Gasteiger partial charge in [-0.3, -0.25) is 0 Å². The van der Waals surface area contributed by atoms with Crippen molar-refractivity contribution >= 4 is 29.0 Å². The molecule has 1 fully saturated rings. The minimum absolute atomic E-state index is 0.213. The molecule has 1 aromatic heterocycles. The molecule has 0 unspecified atom stereocenters. The van der Waals surface area contributed by atoms with Crippen molar-refractivity contribution in [1.29, 1.82) is 0 Å². The first-order valence-corrected chi connectivity index (χ1v) is 6.66. The van der Waals surface area contributed by atoms with Crippen LogP contribution in [0.4, 0.5) is 5.82 Å². The third-order valence-electron chi connectivity index (χ3n) is 3.54. The van der Waals surface area contributed by atoms with Crippen LogP contribution in [-0.2, 0) is 0 Å². The standard InChI is InChI=1S/C12H17Cl2N3/c13-9-5-10(14)11(16-6-9)17-8-12(7-15)3-1-2-4-12/h5-6H,1-4,7-8,15H2,(H,16,17). The molecule has 3 N–H and O–H groups in total. The monoisotopic (exact) mass is 273 g/mol. The van der Waals surface area contributed by atoms with Gasteiger partial charge in [0.1, 0.15) is 5.82 Å². The van der Waals surface area contributed by atoms with Gasteiger partial charge in [0.05, 0.1) is 10.0 Å². The highest BCUT2D eigenvalue weighted by Crippen LogP contribution is 2.37. The van der Waals surface area contributed by atoms with E-state index in [0.717, 1.165) is 6.54 Å². The fourth-order valence-electron chi connectivity index (χ4n) is 2.39. The maximum atomic E-state index is 6.06. The number of nitrogens with zero attached hydrogens (tertiary/aromatic N) is 1. The fraction of sp³-hybridized carbons (Fsp3) is 0.583. The van der Waals surface area contributed by atoms with Gasteiger partial charge >= 0.3 is 0 Å². The summed E-state index contributed by atoms with van der Waals surface area (Å²) >= 11 is 11.9. The van der Waals surface area contributed by atoms with Gasteiger partial charge in [-0.05, 0) is 30.9 Å². The Hall–Kier alpha value is -0.510. The van der Waals surface area contributed by atoms with Gasteiger partial charge in [0.2, 0.25) is 0 Å². The minimum atomic E-state index is 0.213. The second-order valence-electron chi connectivity index (χ2n) is 4.75. The van der Waals surface area contributed by atoms with E-state index >= 15 is 0 Å². The molecule has 0 aromatic carbocycles. The molecule has 3 nitrogen and oxygen atoms in total. The number of rotatable bonds is 4. The number of pyridine rings is 1. The molecule has 94 valence electrons. The second-order valence-corrected chi connectivity index (χ2v) is 5.59. The SMILES string of the molecule is NCC1(CNc2ncc(Cl)cc2Cl)CCCC1. The number of nitrogens with two attached hydrogens (primary N) is 1. The van der Waals surface area contributed by atoms with Gasteiger partial charge in [-0.1, -0.05) is 36.0 Å². The molecular formula is C12H17Cl2N3. The first-order valence-electron chi connectivity index (χ1n) is 5.90. The molecule has 0 bridgehead atoms. The van der Waals surface area contributed by atoms with Crippen LogP contribution in [0.15, 0.2) is 12.3 Å². The van der Waals surface area contributed by atoms with E-state index < -0.39 is 0 Å². The van der Waals surface area contributed by atoms with Crippen LogP contribution >= 0.6 is 23.2 Å². The van der Waals surface area contributed by atoms with E-state index in [1.54, 1.807) is 12.3 Å². The predicted octanol–water partition coefficient (Wildman–Crippen LogP) is 3.32. The number of hydrogen-bond acceptors (Lipinski definition) is 3. The largest absolute Gasteiger partial charge is 0.368 e. The van der Waals surface area contributed by atoms with Crippen LogP contribution in [-0.4, -0.2) is 18.1 Å². The van der Waals surface area contributed by atoms with Crippen LogP contribution in [0.5, 0.6) is 0 Å². The normalized spacial score (nSPS) is 18.3. The molecule has 1 saturated carbocycles. The number of anilines is 1. The second kappa shape index (κ2) is 5.42. The molecule has 1 aromatic rings. The average molecular weight is 274 g/mol. The van der Waals surface area contributed by atoms with Gasteiger partial charge in [0.15, 0.2) is 0 Å². The van der Waals surface area contributed by atoms with E-state index in [-0.39, 0.29) is 5.41 Å². The van der Waals surface area contributed by atoms with E-state index in [4.69, 9.17) is 28.9 Å². The van der Waals surface area contributed by atoms with Crippen molar-refractivity contribution in [3.05, 3.63) is 22.3 Å². The molecule has 0 radical (unpaired) electrons. The average Bonchev–Trinajstić information content (AvgIpc) is 2.77. The first-order chi connectivity index (χ1) is 8.15. The van der Waals surface area contributed by atoms with Crippen LogP contribution in [0.1, 0.15) is 25.7 Å². The quantitative estimate of drug-likeness (QED) is 0.885. The van der Waals surface area contributed by atoms with Gasteiger partial charge in [0, 0.05) is 12.7 Å². The van der Waals surface area contributed by atoms with Crippen molar-refractivity contribution in [2.75, 3.05) is 18.4 Å². The Morgan fingerprint density at radius 1 is 1.35 bits per heavy atom. The molecular weight excluding hydrogens is 257 g/mol. The molecule has 0 spiro atoms. The number of nitrogens with one attached hydrogen (secondary N) is 1. The lowest BCUT2D eigenvalue weighted by Gasteiger charge is -2.27. The van der Waals surface area contributed by atoms with E-state index in [9.17, 15) is 0 Å². The van der Waals surface area contributed by atoms with Crippen molar-refractivity contribution in [1.82, 2.24) is 4.98 Å². The van der Waals surface area contributed by atoms with Crippen LogP contribution < -0.4 is 11.1 Å². The lowest BCUT2D eigenvalue weighted by atomic mass is 9.86. The van der Waals surface area contributed by atoms with Crippen molar-refractivity contribution in [3.8, 4) is 0 Å². The zero-order chi connectivity index (χ0) is 12.3. The van der Waals surface area contributed by atoms with Crippen molar-refractivity contribution in [3.63, 3.8) is 0 Å². The Morgan fingerprint density at radius 3 is 2.65 bits per heavy atom.